The molecule has 104 valence electrons. The Hall–Kier alpha value is -1.33. The number of hydrogen-bond acceptors (Lipinski definition) is 3. The lowest BCUT2D eigenvalue weighted by Crippen LogP contribution is -2.35. The van der Waals surface area contributed by atoms with E-state index in [1.54, 1.807) is 18.2 Å². The molecule has 19 heavy (non-hydrogen) atoms. The number of halogens is 1. The second kappa shape index (κ2) is 7.31. The number of rotatable bonds is 4. The van der Waals surface area contributed by atoms with E-state index >= 15 is 0 Å². The van der Waals surface area contributed by atoms with E-state index in [0.717, 1.165) is 6.42 Å². The number of anilines is 1. The molecule has 1 atom stereocenters. The molecule has 1 unspecified atom stereocenters. The van der Waals surface area contributed by atoms with Gasteiger partial charge in [-0.25, -0.2) is 4.79 Å². The van der Waals surface area contributed by atoms with Gasteiger partial charge in [-0.05, 0) is 43.8 Å². The minimum Gasteiger partial charge on any atom is -0.465 e. The molecule has 0 amide bonds. The third-order valence-electron chi connectivity index (χ3n) is 2.63. The lowest BCUT2D eigenvalue weighted by Gasteiger charge is -2.16. The summed E-state index contributed by atoms with van der Waals surface area (Å²) >= 11 is 11.2. The summed E-state index contributed by atoms with van der Waals surface area (Å²) in [6.07, 6.45) is 0.956. The molecule has 0 aliphatic carbocycles. The molecule has 0 aliphatic rings. The second-order valence-electron chi connectivity index (χ2n) is 4.09. The Morgan fingerprint density at radius 1 is 1.53 bits per heavy atom. The van der Waals surface area contributed by atoms with Crippen molar-refractivity contribution >= 4 is 40.6 Å². The van der Waals surface area contributed by atoms with Gasteiger partial charge in [0.25, 0.3) is 0 Å². The molecular weight excluding hydrogens is 284 g/mol. The van der Waals surface area contributed by atoms with Crippen molar-refractivity contribution in [3.63, 3.8) is 0 Å². The van der Waals surface area contributed by atoms with Crippen LogP contribution in [0.3, 0.4) is 0 Å². The molecular formula is C13H17ClN2O2S. The van der Waals surface area contributed by atoms with Crippen molar-refractivity contribution in [3.8, 4) is 0 Å². The smallest absolute Gasteiger partial charge is 0.337 e. The van der Waals surface area contributed by atoms with Crippen molar-refractivity contribution in [1.29, 1.82) is 0 Å². The number of carbonyl (C=O) groups excluding carboxylic acids is 1. The van der Waals surface area contributed by atoms with Gasteiger partial charge in [-0.2, -0.15) is 0 Å². The minimum atomic E-state index is -0.416. The molecule has 0 spiro atoms. The van der Waals surface area contributed by atoms with Gasteiger partial charge in [-0.15, -0.1) is 0 Å². The van der Waals surface area contributed by atoms with Gasteiger partial charge in [-0.1, -0.05) is 18.5 Å². The maximum Gasteiger partial charge on any atom is 0.337 e. The fourth-order valence-electron chi connectivity index (χ4n) is 1.35. The van der Waals surface area contributed by atoms with Crippen LogP contribution in [0, 0.1) is 0 Å². The van der Waals surface area contributed by atoms with Crippen molar-refractivity contribution < 1.29 is 9.53 Å². The summed E-state index contributed by atoms with van der Waals surface area (Å²) in [5.41, 5.74) is 0.992. The Morgan fingerprint density at radius 3 is 2.79 bits per heavy atom. The highest BCUT2D eigenvalue weighted by Crippen LogP contribution is 2.23. The molecule has 0 saturated carbocycles. The van der Waals surface area contributed by atoms with E-state index in [-0.39, 0.29) is 6.04 Å². The lowest BCUT2D eigenvalue weighted by atomic mass is 10.2. The fraction of sp³-hybridized carbons (Fsp3) is 0.385. The molecule has 0 aliphatic heterocycles. The first kappa shape index (κ1) is 15.7. The zero-order chi connectivity index (χ0) is 14.4. The van der Waals surface area contributed by atoms with E-state index in [9.17, 15) is 4.79 Å². The summed E-state index contributed by atoms with van der Waals surface area (Å²) in [7, 11) is 1.33. The van der Waals surface area contributed by atoms with E-state index in [4.69, 9.17) is 23.8 Å². The van der Waals surface area contributed by atoms with Gasteiger partial charge in [0.15, 0.2) is 5.11 Å². The molecule has 6 heteroatoms. The van der Waals surface area contributed by atoms with Crippen LogP contribution in [0.1, 0.15) is 30.6 Å². The number of carbonyl (C=O) groups is 1. The Bertz CT molecular complexity index is 480. The van der Waals surface area contributed by atoms with Crippen LogP contribution in [0.15, 0.2) is 18.2 Å². The van der Waals surface area contributed by atoms with Crippen LogP contribution in [-0.2, 0) is 4.74 Å². The van der Waals surface area contributed by atoms with Crippen LogP contribution >= 0.6 is 23.8 Å². The van der Waals surface area contributed by atoms with Gasteiger partial charge in [0.05, 0.1) is 23.4 Å². The van der Waals surface area contributed by atoms with Crippen LogP contribution in [0.2, 0.25) is 5.02 Å². The van der Waals surface area contributed by atoms with Crippen LogP contribution in [0.4, 0.5) is 5.69 Å². The summed E-state index contributed by atoms with van der Waals surface area (Å²) in [5, 5.41) is 7.05. The van der Waals surface area contributed by atoms with Gasteiger partial charge in [0.1, 0.15) is 0 Å². The first-order valence-corrected chi connectivity index (χ1v) is 6.72. The third-order valence-corrected chi connectivity index (χ3v) is 3.18. The molecule has 0 aromatic heterocycles. The number of thiocarbonyl (C=S) groups is 1. The van der Waals surface area contributed by atoms with Crippen molar-refractivity contribution in [2.24, 2.45) is 0 Å². The molecule has 0 heterocycles. The Morgan fingerprint density at radius 2 is 2.21 bits per heavy atom. The molecule has 4 nitrogen and oxygen atoms in total. The van der Waals surface area contributed by atoms with E-state index in [2.05, 4.69) is 22.3 Å². The van der Waals surface area contributed by atoms with Crippen molar-refractivity contribution in [3.05, 3.63) is 28.8 Å². The predicted molar refractivity (Wildman–Crippen MR) is 81.9 cm³/mol. The zero-order valence-electron chi connectivity index (χ0n) is 11.1. The van der Waals surface area contributed by atoms with Crippen molar-refractivity contribution in [2.45, 2.75) is 26.3 Å². The monoisotopic (exact) mass is 300 g/mol. The first-order chi connectivity index (χ1) is 8.97. The molecule has 0 fully saturated rings. The second-order valence-corrected chi connectivity index (χ2v) is 4.91. The first-order valence-electron chi connectivity index (χ1n) is 5.93. The summed E-state index contributed by atoms with van der Waals surface area (Å²) < 4.78 is 4.66. The van der Waals surface area contributed by atoms with Gasteiger partial charge in [0.2, 0.25) is 0 Å². The summed E-state index contributed by atoms with van der Waals surface area (Å²) in [6.45, 7) is 4.09. The molecule has 1 rings (SSSR count). The number of hydrogen-bond donors (Lipinski definition) is 2. The molecule has 0 radical (unpaired) electrons. The van der Waals surface area contributed by atoms with Gasteiger partial charge in [0, 0.05) is 6.04 Å². The number of benzene rings is 1. The number of esters is 1. The molecule has 1 aromatic carbocycles. The number of nitrogens with one attached hydrogen (secondary N) is 2. The Labute approximate surface area is 123 Å². The van der Waals surface area contributed by atoms with E-state index in [1.165, 1.54) is 7.11 Å². The highest BCUT2D eigenvalue weighted by atomic mass is 35.5. The average molecular weight is 301 g/mol. The fourth-order valence-corrected chi connectivity index (χ4v) is 1.83. The highest BCUT2D eigenvalue weighted by molar-refractivity contribution is 7.80. The van der Waals surface area contributed by atoms with Gasteiger partial charge < -0.3 is 15.4 Å². The third kappa shape index (κ3) is 4.69. The normalized spacial score (nSPS) is 11.6. The van der Waals surface area contributed by atoms with Crippen LogP contribution < -0.4 is 10.6 Å². The van der Waals surface area contributed by atoms with Crippen molar-refractivity contribution in [1.82, 2.24) is 5.32 Å². The molecule has 1 aromatic rings. The maximum absolute atomic E-state index is 11.4. The van der Waals surface area contributed by atoms with E-state index in [1.807, 2.05) is 6.92 Å². The molecule has 0 saturated heterocycles. The van der Waals surface area contributed by atoms with Gasteiger partial charge in [-0.3, -0.25) is 0 Å². The highest BCUT2D eigenvalue weighted by Gasteiger charge is 2.10. The van der Waals surface area contributed by atoms with Crippen LogP contribution in [0.5, 0.6) is 0 Å². The molecule has 0 bridgehead atoms. The number of methoxy groups -OCH3 is 1. The number of ether oxygens (including phenoxy) is 1. The van der Waals surface area contributed by atoms with E-state index < -0.39 is 5.97 Å². The minimum absolute atomic E-state index is 0.266. The van der Waals surface area contributed by atoms with Crippen LogP contribution in [-0.4, -0.2) is 24.2 Å². The maximum atomic E-state index is 11.4. The Balaban J connectivity index is 2.82. The molecule has 2 N–H and O–H groups in total. The predicted octanol–water partition coefficient (Wildman–Crippen LogP) is 3.21. The topological polar surface area (TPSA) is 50.4 Å². The lowest BCUT2D eigenvalue weighted by molar-refractivity contribution is 0.0601. The van der Waals surface area contributed by atoms with Gasteiger partial charge >= 0.3 is 5.97 Å². The average Bonchev–Trinajstić information content (AvgIpc) is 2.40. The van der Waals surface area contributed by atoms with Crippen LogP contribution in [0.25, 0.3) is 0 Å². The summed E-state index contributed by atoms with van der Waals surface area (Å²) in [4.78, 5) is 11.4. The van der Waals surface area contributed by atoms with E-state index in [0.29, 0.717) is 21.4 Å². The summed E-state index contributed by atoms with van der Waals surface area (Å²) in [6, 6.07) is 5.10. The quantitative estimate of drug-likeness (QED) is 0.660. The van der Waals surface area contributed by atoms with Crippen molar-refractivity contribution in [2.75, 3.05) is 12.4 Å². The standard InChI is InChI=1S/C13H17ClN2O2S/c1-4-8(2)15-13(19)16-11-7-9(12(17)18-3)5-6-10(11)14/h5-8H,4H2,1-3H3,(H2,15,16,19). The Kier molecular flexibility index (Phi) is 6.05. The zero-order valence-corrected chi connectivity index (χ0v) is 12.7. The summed E-state index contributed by atoms with van der Waals surface area (Å²) in [5.74, 6) is -0.416. The largest absolute Gasteiger partial charge is 0.465 e. The SMILES string of the molecule is CCC(C)NC(=S)Nc1cc(C(=O)OC)ccc1Cl.